The molecule has 2 heterocycles. The molecule has 0 aromatic carbocycles. The third-order valence-electron chi connectivity index (χ3n) is 5.77. The highest BCUT2D eigenvalue weighted by atomic mass is 16.6. The van der Waals surface area contributed by atoms with Crippen LogP contribution in [0.25, 0.3) is 0 Å². The van der Waals surface area contributed by atoms with Gasteiger partial charge in [0.05, 0.1) is 0 Å². The Bertz CT molecular complexity index is 540. The maximum absolute atomic E-state index is 12.9. The molecule has 28 heavy (non-hydrogen) atoms. The van der Waals surface area contributed by atoms with Crippen LogP contribution < -0.4 is 0 Å². The van der Waals surface area contributed by atoms with Crippen LogP contribution >= 0.6 is 0 Å². The minimum absolute atomic E-state index is 0.216. The summed E-state index contributed by atoms with van der Waals surface area (Å²) in [5.41, 5.74) is -0.689. The molecule has 0 aromatic heterocycles. The monoisotopic (exact) mass is 396 g/mol. The molecule has 2 saturated heterocycles. The van der Waals surface area contributed by atoms with Crippen molar-refractivity contribution in [1.29, 1.82) is 0 Å². The van der Waals surface area contributed by atoms with Gasteiger partial charge in [0.2, 0.25) is 5.91 Å². The summed E-state index contributed by atoms with van der Waals surface area (Å²) in [6.07, 6.45) is 0.269. The van der Waals surface area contributed by atoms with Crippen molar-refractivity contribution < 1.29 is 14.3 Å². The molecule has 0 bridgehead atoms. The molecule has 0 unspecified atom stereocenters. The van der Waals surface area contributed by atoms with Gasteiger partial charge >= 0.3 is 6.09 Å². The van der Waals surface area contributed by atoms with E-state index in [-0.39, 0.29) is 17.5 Å². The molecule has 0 aromatic rings. The summed E-state index contributed by atoms with van der Waals surface area (Å²) in [5, 5.41) is 0. The second kappa shape index (κ2) is 8.99. The molecular formula is C21H40N4O3. The van der Waals surface area contributed by atoms with Crippen molar-refractivity contribution >= 4 is 12.0 Å². The molecule has 0 atom stereocenters. The Balaban J connectivity index is 1.82. The zero-order valence-corrected chi connectivity index (χ0v) is 19.0. The molecule has 2 aliphatic rings. The van der Waals surface area contributed by atoms with Gasteiger partial charge in [-0.3, -0.25) is 14.6 Å². The SMILES string of the molecule is CC(C)N1CCN(C(=O)CC(C)(C)N2CCN(C(=O)OC(C)(C)C)CC2)CC1. The fourth-order valence-electron chi connectivity index (χ4n) is 3.90. The second-order valence-corrected chi connectivity index (χ2v) is 9.95. The Morgan fingerprint density at radius 3 is 1.79 bits per heavy atom. The summed E-state index contributed by atoms with van der Waals surface area (Å²) in [5.74, 6) is 0.239. The lowest BCUT2D eigenvalue weighted by molar-refractivity contribution is -0.136. The van der Waals surface area contributed by atoms with Crippen molar-refractivity contribution in [3.63, 3.8) is 0 Å². The Morgan fingerprint density at radius 1 is 0.821 bits per heavy atom. The first-order valence-corrected chi connectivity index (χ1v) is 10.6. The van der Waals surface area contributed by atoms with Gasteiger partial charge < -0.3 is 14.5 Å². The first-order valence-electron chi connectivity index (χ1n) is 10.6. The van der Waals surface area contributed by atoms with Crippen molar-refractivity contribution in [1.82, 2.24) is 19.6 Å². The van der Waals surface area contributed by atoms with E-state index in [1.54, 1.807) is 4.90 Å². The molecule has 0 spiro atoms. The van der Waals surface area contributed by atoms with Crippen LogP contribution in [0.1, 0.15) is 54.9 Å². The van der Waals surface area contributed by atoms with Gasteiger partial charge in [-0.05, 0) is 48.5 Å². The first-order chi connectivity index (χ1) is 12.9. The van der Waals surface area contributed by atoms with E-state index in [2.05, 4.69) is 37.5 Å². The summed E-state index contributed by atoms with van der Waals surface area (Å²) in [7, 11) is 0. The number of hydrogen-bond acceptors (Lipinski definition) is 5. The van der Waals surface area contributed by atoms with Gasteiger partial charge in [0.1, 0.15) is 5.60 Å². The number of nitrogens with zero attached hydrogens (tertiary/aromatic N) is 4. The number of hydrogen-bond donors (Lipinski definition) is 0. The number of rotatable bonds is 4. The third-order valence-corrected chi connectivity index (χ3v) is 5.77. The molecule has 162 valence electrons. The second-order valence-electron chi connectivity index (χ2n) is 9.95. The van der Waals surface area contributed by atoms with E-state index in [0.29, 0.717) is 25.6 Å². The highest BCUT2D eigenvalue weighted by molar-refractivity contribution is 5.77. The van der Waals surface area contributed by atoms with Crippen molar-refractivity contribution in [2.45, 2.75) is 72.1 Å². The summed E-state index contributed by atoms with van der Waals surface area (Å²) in [6.45, 7) is 20.7. The van der Waals surface area contributed by atoms with Gasteiger partial charge in [-0.1, -0.05) is 0 Å². The number of carbonyl (C=O) groups is 2. The quantitative estimate of drug-likeness (QED) is 0.730. The first kappa shape index (κ1) is 22.9. The lowest BCUT2D eigenvalue weighted by Gasteiger charge is -2.45. The van der Waals surface area contributed by atoms with Crippen LogP contribution in [0.4, 0.5) is 4.79 Å². The minimum Gasteiger partial charge on any atom is -0.444 e. The zero-order chi connectivity index (χ0) is 21.1. The van der Waals surface area contributed by atoms with Gasteiger partial charge in [-0.15, -0.1) is 0 Å². The van der Waals surface area contributed by atoms with Gasteiger partial charge in [0.15, 0.2) is 0 Å². The van der Waals surface area contributed by atoms with Crippen LogP contribution in [0.2, 0.25) is 0 Å². The predicted octanol–water partition coefficient (Wildman–Crippen LogP) is 2.26. The minimum atomic E-state index is -0.473. The molecule has 2 amide bonds. The topological polar surface area (TPSA) is 56.3 Å². The number of carbonyl (C=O) groups excluding carboxylic acids is 2. The van der Waals surface area contributed by atoms with Crippen molar-refractivity contribution in [2.24, 2.45) is 0 Å². The maximum Gasteiger partial charge on any atom is 0.410 e. The molecular weight excluding hydrogens is 356 g/mol. The molecule has 0 N–H and O–H groups in total. The standard InChI is InChI=1S/C21H40N4O3/c1-17(2)22-8-10-23(11-9-22)18(26)16-21(6,7)25-14-12-24(13-15-25)19(27)28-20(3,4)5/h17H,8-16H2,1-7H3. The van der Waals surface area contributed by atoms with Crippen molar-refractivity contribution in [3.05, 3.63) is 0 Å². The van der Waals surface area contributed by atoms with Crippen LogP contribution in [0, 0.1) is 0 Å². The Morgan fingerprint density at radius 2 is 1.32 bits per heavy atom. The lowest BCUT2D eigenvalue weighted by atomic mass is 9.96. The largest absolute Gasteiger partial charge is 0.444 e. The van der Waals surface area contributed by atoms with E-state index in [9.17, 15) is 9.59 Å². The van der Waals surface area contributed by atoms with Gasteiger partial charge in [0.25, 0.3) is 0 Å². The highest BCUT2D eigenvalue weighted by Gasteiger charge is 2.35. The molecule has 2 aliphatic heterocycles. The fourth-order valence-corrected chi connectivity index (χ4v) is 3.90. The molecule has 2 fully saturated rings. The molecule has 2 rings (SSSR count). The van der Waals surface area contributed by atoms with Crippen LogP contribution in [0.5, 0.6) is 0 Å². The number of amides is 2. The Hall–Kier alpha value is -1.34. The molecule has 0 aliphatic carbocycles. The van der Waals surface area contributed by atoms with Crippen LogP contribution in [-0.2, 0) is 9.53 Å². The maximum atomic E-state index is 12.9. The fraction of sp³-hybridized carbons (Fsp3) is 0.905. The van der Waals surface area contributed by atoms with E-state index in [0.717, 1.165) is 39.3 Å². The zero-order valence-electron chi connectivity index (χ0n) is 19.0. The summed E-state index contributed by atoms with van der Waals surface area (Å²) in [4.78, 5) is 33.6. The third kappa shape index (κ3) is 6.34. The molecule has 0 saturated carbocycles. The van der Waals surface area contributed by atoms with E-state index in [1.165, 1.54) is 0 Å². The summed E-state index contributed by atoms with van der Waals surface area (Å²) in [6, 6.07) is 0.537. The van der Waals surface area contributed by atoms with E-state index < -0.39 is 5.60 Å². The smallest absolute Gasteiger partial charge is 0.410 e. The number of ether oxygens (including phenoxy) is 1. The summed E-state index contributed by atoms with van der Waals surface area (Å²) >= 11 is 0. The average Bonchev–Trinajstić information content (AvgIpc) is 2.60. The van der Waals surface area contributed by atoms with Crippen molar-refractivity contribution in [3.8, 4) is 0 Å². The van der Waals surface area contributed by atoms with Crippen LogP contribution in [-0.4, -0.2) is 101 Å². The Kier molecular flexibility index (Phi) is 7.37. The van der Waals surface area contributed by atoms with E-state index >= 15 is 0 Å². The predicted molar refractivity (Wildman–Crippen MR) is 111 cm³/mol. The normalized spacial score (nSPS) is 20.6. The average molecular weight is 397 g/mol. The van der Waals surface area contributed by atoms with Gasteiger partial charge in [0, 0.05) is 70.4 Å². The Labute approximate surface area is 171 Å². The van der Waals surface area contributed by atoms with Crippen molar-refractivity contribution in [2.75, 3.05) is 52.4 Å². The lowest BCUT2D eigenvalue weighted by Crippen LogP contribution is -2.58. The highest BCUT2D eigenvalue weighted by Crippen LogP contribution is 2.23. The van der Waals surface area contributed by atoms with E-state index in [1.807, 2.05) is 25.7 Å². The molecule has 7 nitrogen and oxygen atoms in total. The van der Waals surface area contributed by atoms with E-state index in [4.69, 9.17) is 4.74 Å². The molecule has 7 heteroatoms. The summed E-state index contributed by atoms with van der Waals surface area (Å²) < 4.78 is 5.47. The van der Waals surface area contributed by atoms with Gasteiger partial charge in [-0.25, -0.2) is 4.79 Å². The van der Waals surface area contributed by atoms with Gasteiger partial charge in [-0.2, -0.15) is 0 Å². The molecule has 0 radical (unpaired) electrons. The van der Waals surface area contributed by atoms with Crippen LogP contribution in [0.3, 0.4) is 0 Å². The van der Waals surface area contributed by atoms with Crippen LogP contribution in [0.15, 0.2) is 0 Å². The number of piperazine rings is 2.